The van der Waals surface area contributed by atoms with Crippen LogP contribution < -0.4 is 0 Å². The molecular formula is C20H24S4. The molecule has 0 amide bonds. The number of benzene rings is 2. The van der Waals surface area contributed by atoms with Crippen LogP contribution >= 0.6 is 43.2 Å². The summed E-state index contributed by atoms with van der Waals surface area (Å²) in [6.45, 7) is 9.07. The van der Waals surface area contributed by atoms with Crippen molar-refractivity contribution in [3.05, 3.63) is 46.5 Å². The van der Waals surface area contributed by atoms with E-state index < -0.39 is 0 Å². The van der Waals surface area contributed by atoms with Crippen LogP contribution in [0.15, 0.2) is 43.8 Å². The maximum atomic E-state index is 2.34. The lowest BCUT2D eigenvalue weighted by molar-refractivity contribution is 0.975. The Morgan fingerprint density at radius 3 is 0.833 bits per heavy atom. The second-order valence-corrected chi connectivity index (χ2v) is 10.1. The van der Waals surface area contributed by atoms with E-state index in [1.165, 1.54) is 41.8 Å². The summed E-state index contributed by atoms with van der Waals surface area (Å²) in [5.74, 6) is 0. The number of fused-ring (bicyclic) bond motifs is 2. The first-order valence-corrected chi connectivity index (χ1v) is 13.0. The standard InChI is InChI=1S/C20H24S4/c1-5-13-9-10-14(6-2)18-17(13)21-23-19-15(7-3)11-12-16(8-4)20(19)24-22-18/h9-12H,5-8H2,1-4H3. The highest BCUT2D eigenvalue weighted by Crippen LogP contribution is 2.56. The molecule has 24 heavy (non-hydrogen) atoms. The fourth-order valence-corrected chi connectivity index (χ4v) is 9.79. The van der Waals surface area contributed by atoms with Crippen molar-refractivity contribution in [2.45, 2.75) is 73.0 Å². The molecule has 0 aliphatic carbocycles. The molecule has 0 atom stereocenters. The van der Waals surface area contributed by atoms with Crippen molar-refractivity contribution in [2.75, 3.05) is 0 Å². The van der Waals surface area contributed by atoms with Gasteiger partial charge in [-0.3, -0.25) is 0 Å². The first-order chi connectivity index (χ1) is 11.7. The minimum atomic E-state index is 1.10. The summed E-state index contributed by atoms with van der Waals surface area (Å²) in [6, 6.07) is 9.34. The monoisotopic (exact) mass is 392 g/mol. The number of hydrogen-bond donors (Lipinski definition) is 0. The zero-order chi connectivity index (χ0) is 17.1. The van der Waals surface area contributed by atoms with Crippen LogP contribution in [0.4, 0.5) is 0 Å². The van der Waals surface area contributed by atoms with E-state index in [1.54, 1.807) is 0 Å². The van der Waals surface area contributed by atoms with Gasteiger partial charge in [-0.15, -0.1) is 0 Å². The largest absolute Gasteiger partial charge is 0.0613 e. The molecule has 0 aromatic heterocycles. The van der Waals surface area contributed by atoms with E-state index in [0.717, 1.165) is 25.7 Å². The van der Waals surface area contributed by atoms with Crippen molar-refractivity contribution >= 4 is 43.2 Å². The van der Waals surface area contributed by atoms with Gasteiger partial charge in [0.05, 0.1) is 0 Å². The quantitative estimate of drug-likeness (QED) is 0.486. The molecule has 0 saturated heterocycles. The van der Waals surface area contributed by atoms with Crippen molar-refractivity contribution < 1.29 is 0 Å². The molecule has 2 aromatic carbocycles. The molecule has 0 fully saturated rings. The van der Waals surface area contributed by atoms with Gasteiger partial charge in [0.1, 0.15) is 0 Å². The van der Waals surface area contributed by atoms with E-state index in [1.807, 2.05) is 43.2 Å². The van der Waals surface area contributed by atoms with Gasteiger partial charge in [0.2, 0.25) is 0 Å². The van der Waals surface area contributed by atoms with Crippen LogP contribution in [0.1, 0.15) is 49.9 Å². The van der Waals surface area contributed by atoms with Gasteiger partial charge in [0.25, 0.3) is 0 Å². The fourth-order valence-electron chi connectivity index (χ4n) is 2.93. The van der Waals surface area contributed by atoms with Gasteiger partial charge in [-0.1, -0.05) is 95.1 Å². The molecule has 128 valence electrons. The summed E-state index contributed by atoms with van der Waals surface area (Å²) in [4.78, 5) is 5.98. The maximum Gasteiger partial charge on any atom is 0.0365 e. The molecule has 0 nitrogen and oxygen atoms in total. The van der Waals surface area contributed by atoms with Crippen LogP contribution in [0.25, 0.3) is 0 Å². The Bertz CT molecular complexity index is 611. The van der Waals surface area contributed by atoms with Gasteiger partial charge < -0.3 is 0 Å². The Morgan fingerprint density at radius 2 is 0.667 bits per heavy atom. The Kier molecular flexibility index (Phi) is 6.58. The normalized spacial score (nSPS) is 13.8. The average Bonchev–Trinajstić information content (AvgIpc) is 2.61. The number of hydrogen-bond acceptors (Lipinski definition) is 4. The third-order valence-corrected chi connectivity index (χ3v) is 9.95. The lowest BCUT2D eigenvalue weighted by Gasteiger charge is -2.22. The van der Waals surface area contributed by atoms with Gasteiger partial charge in [-0.05, 0) is 47.9 Å². The van der Waals surface area contributed by atoms with Crippen molar-refractivity contribution in [1.82, 2.24) is 0 Å². The highest BCUT2D eigenvalue weighted by molar-refractivity contribution is 8.79. The second kappa shape index (κ2) is 8.48. The molecule has 0 N–H and O–H groups in total. The summed E-state index contributed by atoms with van der Waals surface area (Å²) in [6.07, 6.45) is 4.42. The summed E-state index contributed by atoms with van der Waals surface area (Å²) >= 11 is 0. The fraction of sp³-hybridized carbons (Fsp3) is 0.400. The Hall–Kier alpha value is -0.160. The maximum absolute atomic E-state index is 2.34. The van der Waals surface area contributed by atoms with E-state index in [-0.39, 0.29) is 0 Å². The van der Waals surface area contributed by atoms with Gasteiger partial charge in [0, 0.05) is 19.6 Å². The molecule has 3 rings (SSSR count). The molecule has 4 heteroatoms. The third-order valence-electron chi connectivity index (χ3n) is 4.49. The van der Waals surface area contributed by atoms with Crippen LogP contribution in [0.5, 0.6) is 0 Å². The minimum absolute atomic E-state index is 1.10. The second-order valence-electron chi connectivity index (χ2n) is 5.83. The molecule has 0 saturated carbocycles. The SMILES string of the molecule is CCc1ccc(CC)c2c1SSc1c(CC)ccc(CC)c1SS2. The van der Waals surface area contributed by atoms with Crippen molar-refractivity contribution in [3.8, 4) is 0 Å². The van der Waals surface area contributed by atoms with Crippen LogP contribution in [-0.4, -0.2) is 0 Å². The van der Waals surface area contributed by atoms with Crippen molar-refractivity contribution in [3.63, 3.8) is 0 Å². The molecule has 1 aliphatic heterocycles. The Labute approximate surface area is 162 Å². The van der Waals surface area contributed by atoms with Crippen LogP contribution in [0.3, 0.4) is 0 Å². The van der Waals surface area contributed by atoms with E-state index in [9.17, 15) is 0 Å². The lowest BCUT2D eigenvalue weighted by atomic mass is 10.1. The average molecular weight is 393 g/mol. The summed E-state index contributed by atoms with van der Waals surface area (Å²) in [5, 5.41) is 0. The van der Waals surface area contributed by atoms with Gasteiger partial charge in [0.15, 0.2) is 0 Å². The molecule has 0 bridgehead atoms. The summed E-state index contributed by atoms with van der Waals surface area (Å²) in [5.41, 5.74) is 5.95. The van der Waals surface area contributed by atoms with Gasteiger partial charge >= 0.3 is 0 Å². The predicted molar refractivity (Wildman–Crippen MR) is 114 cm³/mol. The van der Waals surface area contributed by atoms with Crippen molar-refractivity contribution in [2.24, 2.45) is 0 Å². The minimum Gasteiger partial charge on any atom is -0.0613 e. The lowest BCUT2D eigenvalue weighted by Crippen LogP contribution is -1.97. The van der Waals surface area contributed by atoms with E-state index in [2.05, 4.69) is 52.0 Å². The zero-order valence-electron chi connectivity index (χ0n) is 14.8. The zero-order valence-corrected chi connectivity index (χ0v) is 18.0. The van der Waals surface area contributed by atoms with E-state index in [0.29, 0.717) is 0 Å². The molecule has 2 aromatic rings. The molecule has 0 spiro atoms. The highest BCUT2D eigenvalue weighted by Gasteiger charge is 2.22. The summed E-state index contributed by atoms with van der Waals surface area (Å²) in [7, 11) is 7.91. The van der Waals surface area contributed by atoms with Crippen LogP contribution in [0.2, 0.25) is 0 Å². The van der Waals surface area contributed by atoms with Gasteiger partial charge in [-0.25, -0.2) is 0 Å². The van der Waals surface area contributed by atoms with E-state index >= 15 is 0 Å². The third kappa shape index (κ3) is 3.53. The Balaban J connectivity index is 2.10. The molecular weight excluding hydrogens is 368 g/mol. The van der Waals surface area contributed by atoms with Crippen LogP contribution in [-0.2, 0) is 25.7 Å². The summed E-state index contributed by atoms with van der Waals surface area (Å²) < 4.78 is 0. The molecule has 0 radical (unpaired) electrons. The number of aryl methyl sites for hydroxylation is 4. The smallest absolute Gasteiger partial charge is 0.0365 e. The van der Waals surface area contributed by atoms with E-state index in [4.69, 9.17) is 0 Å². The van der Waals surface area contributed by atoms with Gasteiger partial charge in [-0.2, -0.15) is 0 Å². The highest BCUT2D eigenvalue weighted by atomic mass is 33.1. The van der Waals surface area contributed by atoms with Crippen molar-refractivity contribution in [1.29, 1.82) is 0 Å². The number of rotatable bonds is 4. The molecule has 0 unspecified atom stereocenters. The van der Waals surface area contributed by atoms with Crippen LogP contribution in [0, 0.1) is 0 Å². The Morgan fingerprint density at radius 1 is 0.458 bits per heavy atom. The topological polar surface area (TPSA) is 0 Å². The predicted octanol–water partition coefficient (Wildman–Crippen LogP) is 7.85. The first-order valence-electron chi connectivity index (χ1n) is 8.71. The molecule has 1 aliphatic rings. The first kappa shape index (κ1) is 18.6. The molecule has 1 heterocycles.